The fourth-order valence-corrected chi connectivity index (χ4v) is 1.36. The molecule has 1 aromatic carbocycles. The third-order valence-corrected chi connectivity index (χ3v) is 2.32. The van der Waals surface area contributed by atoms with Gasteiger partial charge in [-0.05, 0) is 12.1 Å². The van der Waals surface area contributed by atoms with E-state index in [-0.39, 0.29) is 22.8 Å². The van der Waals surface area contributed by atoms with Crippen molar-refractivity contribution in [1.29, 1.82) is 0 Å². The largest absolute Gasteiger partial charge is 0.456 e. The molecule has 1 aromatic rings. The van der Waals surface area contributed by atoms with Crippen molar-refractivity contribution >= 4 is 34.9 Å². The molecule has 0 heterocycles. The lowest BCUT2D eigenvalue weighted by Crippen LogP contribution is -2.21. The molecule has 1 amide bonds. The van der Waals surface area contributed by atoms with Crippen LogP contribution in [0, 0.1) is 10.1 Å². The van der Waals surface area contributed by atoms with Crippen molar-refractivity contribution in [2.24, 2.45) is 0 Å². The summed E-state index contributed by atoms with van der Waals surface area (Å²) in [7, 11) is 0. The molecule has 8 heteroatoms. The number of anilines is 1. The van der Waals surface area contributed by atoms with Crippen molar-refractivity contribution in [3.8, 4) is 0 Å². The molecule has 0 aromatic heterocycles. The molecule has 0 bridgehead atoms. The molecule has 0 fully saturated rings. The number of benzene rings is 1. The molecule has 19 heavy (non-hydrogen) atoms. The molecule has 0 aliphatic heterocycles. The third-order valence-electron chi connectivity index (χ3n) is 2.08. The van der Waals surface area contributed by atoms with E-state index in [2.05, 4.69) is 10.1 Å². The van der Waals surface area contributed by atoms with E-state index in [1.165, 1.54) is 12.1 Å². The van der Waals surface area contributed by atoms with Crippen LogP contribution in [0.15, 0.2) is 18.2 Å². The number of carbonyl (C=O) groups is 2. The summed E-state index contributed by atoms with van der Waals surface area (Å²) in [5.41, 5.74) is -0.338. The Morgan fingerprint density at radius 3 is 2.74 bits per heavy atom. The van der Waals surface area contributed by atoms with Crippen molar-refractivity contribution in [3.05, 3.63) is 33.3 Å². The van der Waals surface area contributed by atoms with E-state index in [4.69, 9.17) is 11.6 Å². The van der Waals surface area contributed by atoms with Gasteiger partial charge in [-0.2, -0.15) is 0 Å². The number of nitro benzene ring substituents is 1. The average molecular weight is 287 g/mol. The molecular formula is C11H11ClN2O5. The minimum atomic E-state index is -0.667. The van der Waals surface area contributed by atoms with Gasteiger partial charge in [-0.25, -0.2) is 0 Å². The number of hydrogen-bond donors (Lipinski definition) is 1. The summed E-state index contributed by atoms with van der Waals surface area (Å²) in [4.78, 5) is 32.4. The Balaban J connectivity index is 2.74. The van der Waals surface area contributed by atoms with E-state index >= 15 is 0 Å². The second kappa shape index (κ2) is 6.69. The maximum atomic E-state index is 11.4. The van der Waals surface area contributed by atoms with Crippen molar-refractivity contribution in [1.82, 2.24) is 0 Å². The molecule has 1 N–H and O–H groups in total. The van der Waals surface area contributed by atoms with Crippen molar-refractivity contribution in [2.75, 3.05) is 11.9 Å². The van der Waals surface area contributed by atoms with Crippen LogP contribution in [0.3, 0.4) is 0 Å². The van der Waals surface area contributed by atoms with Gasteiger partial charge >= 0.3 is 5.97 Å². The highest BCUT2D eigenvalue weighted by Gasteiger charge is 2.16. The highest BCUT2D eigenvalue weighted by molar-refractivity contribution is 6.31. The number of amides is 1. The van der Waals surface area contributed by atoms with Crippen molar-refractivity contribution in [2.45, 2.75) is 13.3 Å². The van der Waals surface area contributed by atoms with E-state index < -0.39 is 23.4 Å². The van der Waals surface area contributed by atoms with Gasteiger partial charge in [-0.15, -0.1) is 0 Å². The van der Waals surface area contributed by atoms with Gasteiger partial charge in [0.05, 0.1) is 4.92 Å². The lowest BCUT2D eigenvalue weighted by molar-refractivity contribution is -0.383. The standard InChI is InChI=1S/C11H11ClN2O5/c1-2-11(16)19-6-10(15)13-8-4-3-7(12)5-9(8)14(17)18/h3-5H,2,6H2,1H3,(H,13,15). The molecule has 0 aliphatic rings. The number of hydrogen-bond acceptors (Lipinski definition) is 5. The van der Waals surface area contributed by atoms with Crippen LogP contribution in [0.2, 0.25) is 5.02 Å². The fraction of sp³-hybridized carbons (Fsp3) is 0.273. The zero-order chi connectivity index (χ0) is 14.4. The Bertz CT molecular complexity index is 518. The molecule has 1 rings (SSSR count). The highest BCUT2D eigenvalue weighted by atomic mass is 35.5. The first-order chi connectivity index (χ1) is 8.93. The Morgan fingerprint density at radius 2 is 2.16 bits per heavy atom. The van der Waals surface area contributed by atoms with E-state index in [1.54, 1.807) is 6.92 Å². The minimum Gasteiger partial charge on any atom is -0.456 e. The fourth-order valence-electron chi connectivity index (χ4n) is 1.20. The molecule has 0 saturated carbocycles. The van der Waals surface area contributed by atoms with Crippen LogP contribution < -0.4 is 5.32 Å². The predicted octanol–water partition coefficient (Wildman–Crippen LogP) is 2.14. The van der Waals surface area contributed by atoms with E-state index in [0.717, 1.165) is 6.07 Å². The smallest absolute Gasteiger partial charge is 0.306 e. The number of rotatable bonds is 5. The second-order valence-corrected chi connectivity index (χ2v) is 3.92. The third kappa shape index (κ3) is 4.55. The molecule has 0 saturated heterocycles. The van der Waals surface area contributed by atoms with E-state index in [0.29, 0.717) is 0 Å². The Morgan fingerprint density at radius 1 is 1.47 bits per heavy atom. The molecule has 0 radical (unpaired) electrons. The summed E-state index contributed by atoms with van der Waals surface area (Å²) in [5.74, 6) is -1.19. The molecule has 0 atom stereocenters. The summed E-state index contributed by atoms with van der Waals surface area (Å²) in [6, 6.07) is 3.83. The average Bonchev–Trinajstić information content (AvgIpc) is 2.37. The molecule has 0 spiro atoms. The van der Waals surface area contributed by atoms with E-state index in [9.17, 15) is 19.7 Å². The van der Waals surface area contributed by atoms with Crippen molar-refractivity contribution < 1.29 is 19.2 Å². The molecule has 0 aliphatic carbocycles. The van der Waals surface area contributed by atoms with Gasteiger partial charge in [0.25, 0.3) is 11.6 Å². The minimum absolute atomic E-state index is 0.00746. The summed E-state index contributed by atoms with van der Waals surface area (Å²) >= 11 is 5.63. The molecule has 0 unspecified atom stereocenters. The quantitative estimate of drug-likeness (QED) is 0.508. The SMILES string of the molecule is CCC(=O)OCC(=O)Nc1ccc(Cl)cc1[N+](=O)[O-]. The van der Waals surface area contributed by atoms with Gasteiger partial charge in [-0.1, -0.05) is 18.5 Å². The van der Waals surface area contributed by atoms with Crippen LogP contribution in [-0.4, -0.2) is 23.4 Å². The highest BCUT2D eigenvalue weighted by Crippen LogP contribution is 2.27. The Kier molecular flexibility index (Phi) is 5.25. The van der Waals surface area contributed by atoms with Gasteiger partial charge < -0.3 is 10.1 Å². The monoisotopic (exact) mass is 286 g/mol. The van der Waals surface area contributed by atoms with Gasteiger partial charge in [-0.3, -0.25) is 19.7 Å². The first-order valence-corrected chi connectivity index (χ1v) is 5.71. The molecule has 102 valence electrons. The number of nitrogens with zero attached hydrogens (tertiary/aromatic N) is 1. The number of nitrogens with one attached hydrogen (secondary N) is 1. The lowest BCUT2D eigenvalue weighted by atomic mass is 10.2. The topological polar surface area (TPSA) is 98.5 Å². The Labute approximate surface area is 113 Å². The summed E-state index contributed by atoms with van der Waals surface area (Å²) in [5, 5.41) is 13.2. The van der Waals surface area contributed by atoms with Crippen LogP contribution >= 0.6 is 11.6 Å². The zero-order valence-electron chi connectivity index (χ0n) is 10.0. The van der Waals surface area contributed by atoms with Gasteiger partial charge in [0.1, 0.15) is 5.69 Å². The van der Waals surface area contributed by atoms with Crippen LogP contribution in [0.25, 0.3) is 0 Å². The molecular weight excluding hydrogens is 276 g/mol. The summed E-state index contributed by atoms with van der Waals surface area (Å²) in [6.45, 7) is 1.09. The normalized spacial score (nSPS) is 9.79. The summed E-state index contributed by atoms with van der Waals surface area (Å²) < 4.78 is 4.60. The maximum Gasteiger partial charge on any atom is 0.306 e. The van der Waals surface area contributed by atoms with Crippen LogP contribution in [0.1, 0.15) is 13.3 Å². The number of halogens is 1. The van der Waals surface area contributed by atoms with Crippen molar-refractivity contribution in [3.63, 3.8) is 0 Å². The van der Waals surface area contributed by atoms with Gasteiger partial charge in [0, 0.05) is 17.5 Å². The van der Waals surface area contributed by atoms with Gasteiger partial charge in [0.2, 0.25) is 0 Å². The van der Waals surface area contributed by atoms with Gasteiger partial charge in [0.15, 0.2) is 6.61 Å². The lowest BCUT2D eigenvalue weighted by Gasteiger charge is -2.06. The summed E-state index contributed by atoms with van der Waals surface area (Å²) in [6.07, 6.45) is 0.147. The number of esters is 1. The van der Waals surface area contributed by atoms with E-state index in [1.807, 2.05) is 0 Å². The molecule has 7 nitrogen and oxygen atoms in total. The number of ether oxygens (including phenoxy) is 1. The second-order valence-electron chi connectivity index (χ2n) is 3.48. The Hall–Kier alpha value is -2.15. The predicted molar refractivity (Wildman–Crippen MR) is 68.0 cm³/mol. The van der Waals surface area contributed by atoms with Crippen LogP contribution in [-0.2, 0) is 14.3 Å². The van der Waals surface area contributed by atoms with Crippen LogP contribution in [0.4, 0.5) is 11.4 Å². The zero-order valence-corrected chi connectivity index (χ0v) is 10.8. The number of nitro groups is 1. The maximum absolute atomic E-state index is 11.4. The first-order valence-electron chi connectivity index (χ1n) is 5.33. The number of carbonyl (C=O) groups excluding carboxylic acids is 2. The van der Waals surface area contributed by atoms with Crippen LogP contribution in [0.5, 0.6) is 0 Å². The first kappa shape index (κ1) is 14.9.